The van der Waals surface area contributed by atoms with Gasteiger partial charge in [-0.25, -0.2) is 0 Å². The van der Waals surface area contributed by atoms with Crippen molar-refractivity contribution in [3.8, 4) is 0 Å². The van der Waals surface area contributed by atoms with Crippen molar-refractivity contribution in [2.45, 2.75) is 64.6 Å². The molecule has 0 aliphatic carbocycles. The third-order valence-corrected chi connectivity index (χ3v) is 3.77. The molecular weight excluding hydrogens is 226 g/mol. The molecule has 2 unspecified atom stereocenters. The summed E-state index contributed by atoms with van der Waals surface area (Å²) in [5, 5.41) is 9.63. The summed E-state index contributed by atoms with van der Waals surface area (Å²) in [5.41, 5.74) is 0. The highest BCUT2D eigenvalue weighted by atomic mass is 16.3. The summed E-state index contributed by atoms with van der Waals surface area (Å²) in [4.78, 5) is 2.48. The number of aliphatic hydroxyl groups excluding tert-OH is 1. The van der Waals surface area contributed by atoms with E-state index in [0.717, 1.165) is 31.0 Å². The molecular formula is C15H25NO2. The van der Waals surface area contributed by atoms with Crippen LogP contribution in [-0.2, 0) is 6.54 Å². The first-order valence-electron chi connectivity index (χ1n) is 7.12. The molecule has 3 nitrogen and oxygen atoms in total. The lowest BCUT2D eigenvalue weighted by Gasteiger charge is -2.30. The van der Waals surface area contributed by atoms with Crippen molar-refractivity contribution in [1.82, 2.24) is 4.90 Å². The van der Waals surface area contributed by atoms with Crippen LogP contribution >= 0.6 is 0 Å². The van der Waals surface area contributed by atoms with Crippen molar-refractivity contribution in [3.05, 3.63) is 23.7 Å². The Bertz CT molecular complexity index is 359. The molecule has 1 aliphatic rings. The molecule has 0 aromatic carbocycles. The molecule has 0 saturated carbocycles. The van der Waals surface area contributed by atoms with Gasteiger partial charge in [0.25, 0.3) is 0 Å². The van der Waals surface area contributed by atoms with E-state index < -0.39 is 0 Å². The molecule has 3 heteroatoms. The zero-order chi connectivity index (χ0) is 13.0. The zero-order valence-electron chi connectivity index (χ0n) is 11.6. The zero-order valence-corrected chi connectivity index (χ0v) is 11.6. The third kappa shape index (κ3) is 3.85. The summed E-state index contributed by atoms with van der Waals surface area (Å²) in [6.45, 7) is 5.88. The second kappa shape index (κ2) is 6.39. The summed E-state index contributed by atoms with van der Waals surface area (Å²) in [7, 11) is 0. The molecule has 1 aromatic rings. The lowest BCUT2D eigenvalue weighted by Crippen LogP contribution is -2.36. The molecule has 102 valence electrons. The first-order chi connectivity index (χ1) is 8.65. The predicted molar refractivity (Wildman–Crippen MR) is 72.4 cm³/mol. The fourth-order valence-electron chi connectivity index (χ4n) is 2.88. The van der Waals surface area contributed by atoms with E-state index in [1.54, 1.807) is 0 Å². The minimum atomic E-state index is -0.214. The van der Waals surface area contributed by atoms with Crippen molar-refractivity contribution in [3.63, 3.8) is 0 Å². The maximum atomic E-state index is 9.63. The number of hydrogen-bond donors (Lipinski definition) is 1. The molecule has 1 saturated heterocycles. The van der Waals surface area contributed by atoms with Gasteiger partial charge in [-0.05, 0) is 51.8 Å². The molecule has 1 fully saturated rings. The van der Waals surface area contributed by atoms with Crippen LogP contribution in [0.15, 0.2) is 16.5 Å². The molecule has 0 bridgehead atoms. The van der Waals surface area contributed by atoms with Crippen LogP contribution in [0.25, 0.3) is 0 Å². The number of likely N-dealkylation sites (tertiary alicyclic amines) is 1. The van der Waals surface area contributed by atoms with E-state index in [0.29, 0.717) is 6.04 Å². The maximum Gasteiger partial charge on any atom is 0.118 e. The Morgan fingerprint density at radius 2 is 2.22 bits per heavy atom. The van der Waals surface area contributed by atoms with Crippen molar-refractivity contribution in [2.24, 2.45) is 0 Å². The van der Waals surface area contributed by atoms with Gasteiger partial charge in [0.1, 0.15) is 11.5 Å². The third-order valence-electron chi connectivity index (χ3n) is 3.77. The Labute approximate surface area is 110 Å². The summed E-state index contributed by atoms with van der Waals surface area (Å²) in [6.07, 6.45) is 5.71. The fourth-order valence-corrected chi connectivity index (χ4v) is 2.88. The minimum absolute atomic E-state index is 0.214. The largest absolute Gasteiger partial charge is 0.465 e. The topological polar surface area (TPSA) is 36.6 Å². The Kier molecular flexibility index (Phi) is 4.84. The average Bonchev–Trinajstić information content (AvgIpc) is 2.58. The molecule has 0 radical (unpaired) electrons. The Morgan fingerprint density at radius 1 is 1.39 bits per heavy atom. The van der Waals surface area contributed by atoms with Crippen LogP contribution in [-0.4, -0.2) is 28.7 Å². The maximum absolute atomic E-state index is 9.63. The van der Waals surface area contributed by atoms with Crippen molar-refractivity contribution < 1.29 is 9.52 Å². The normalized spacial score (nSPS) is 23.8. The number of furan rings is 1. The molecule has 2 atom stereocenters. The van der Waals surface area contributed by atoms with Gasteiger partial charge in [0.2, 0.25) is 0 Å². The van der Waals surface area contributed by atoms with Crippen LogP contribution in [0.1, 0.15) is 50.5 Å². The van der Waals surface area contributed by atoms with Gasteiger partial charge in [-0.1, -0.05) is 12.8 Å². The van der Waals surface area contributed by atoms with Crippen LogP contribution in [0.5, 0.6) is 0 Å². The standard InChI is InChI=1S/C15H25NO2/c1-12(17)10-14-6-4-3-5-9-16(14)11-15-8-7-13(2)18-15/h7-8,12,14,17H,3-6,9-11H2,1-2H3. The molecule has 2 heterocycles. The first-order valence-corrected chi connectivity index (χ1v) is 7.12. The Balaban J connectivity index is 2.00. The molecule has 1 aliphatic heterocycles. The monoisotopic (exact) mass is 251 g/mol. The van der Waals surface area contributed by atoms with Gasteiger partial charge in [0, 0.05) is 6.04 Å². The summed E-state index contributed by atoms with van der Waals surface area (Å²) in [5.74, 6) is 2.02. The molecule has 0 spiro atoms. The molecule has 0 amide bonds. The van der Waals surface area contributed by atoms with E-state index in [1.807, 2.05) is 19.9 Å². The molecule has 1 aromatic heterocycles. The second-order valence-corrected chi connectivity index (χ2v) is 5.57. The highest BCUT2D eigenvalue weighted by Crippen LogP contribution is 2.23. The predicted octanol–water partition coefficient (Wildman–Crippen LogP) is 3.10. The van der Waals surface area contributed by atoms with Crippen LogP contribution in [0, 0.1) is 6.92 Å². The van der Waals surface area contributed by atoms with E-state index >= 15 is 0 Å². The average molecular weight is 251 g/mol. The summed E-state index contributed by atoms with van der Waals surface area (Å²) < 4.78 is 5.68. The lowest BCUT2D eigenvalue weighted by molar-refractivity contribution is 0.103. The highest BCUT2D eigenvalue weighted by Gasteiger charge is 2.23. The summed E-state index contributed by atoms with van der Waals surface area (Å²) >= 11 is 0. The quantitative estimate of drug-likeness (QED) is 0.893. The number of nitrogens with zero attached hydrogens (tertiary/aromatic N) is 1. The highest BCUT2D eigenvalue weighted by molar-refractivity contribution is 5.05. The van der Waals surface area contributed by atoms with E-state index in [2.05, 4.69) is 11.0 Å². The smallest absolute Gasteiger partial charge is 0.118 e. The number of aliphatic hydroxyl groups is 1. The SMILES string of the molecule is Cc1ccc(CN2CCCCCC2CC(C)O)o1. The molecule has 1 N–H and O–H groups in total. The van der Waals surface area contributed by atoms with Gasteiger partial charge >= 0.3 is 0 Å². The van der Waals surface area contributed by atoms with Crippen molar-refractivity contribution in [1.29, 1.82) is 0 Å². The van der Waals surface area contributed by atoms with Crippen LogP contribution in [0.4, 0.5) is 0 Å². The first kappa shape index (κ1) is 13.6. The van der Waals surface area contributed by atoms with E-state index in [-0.39, 0.29) is 6.10 Å². The number of hydrogen-bond acceptors (Lipinski definition) is 3. The Hall–Kier alpha value is -0.800. The van der Waals surface area contributed by atoms with Crippen LogP contribution in [0.3, 0.4) is 0 Å². The van der Waals surface area contributed by atoms with E-state index in [1.165, 1.54) is 25.7 Å². The van der Waals surface area contributed by atoms with Gasteiger partial charge in [0.15, 0.2) is 0 Å². The van der Waals surface area contributed by atoms with Gasteiger partial charge < -0.3 is 9.52 Å². The Morgan fingerprint density at radius 3 is 2.89 bits per heavy atom. The van der Waals surface area contributed by atoms with E-state index in [4.69, 9.17) is 4.42 Å². The molecule has 2 rings (SSSR count). The van der Waals surface area contributed by atoms with Crippen LogP contribution in [0.2, 0.25) is 0 Å². The van der Waals surface area contributed by atoms with Crippen molar-refractivity contribution >= 4 is 0 Å². The van der Waals surface area contributed by atoms with Gasteiger partial charge in [-0.3, -0.25) is 4.90 Å². The van der Waals surface area contributed by atoms with Gasteiger partial charge in [-0.15, -0.1) is 0 Å². The van der Waals surface area contributed by atoms with Gasteiger partial charge in [0.05, 0.1) is 12.6 Å². The minimum Gasteiger partial charge on any atom is -0.465 e. The second-order valence-electron chi connectivity index (χ2n) is 5.57. The van der Waals surface area contributed by atoms with Crippen LogP contribution < -0.4 is 0 Å². The number of rotatable bonds is 4. The molecule has 18 heavy (non-hydrogen) atoms. The number of aryl methyl sites for hydroxylation is 1. The van der Waals surface area contributed by atoms with Crippen molar-refractivity contribution in [2.75, 3.05) is 6.54 Å². The van der Waals surface area contributed by atoms with E-state index in [9.17, 15) is 5.11 Å². The fraction of sp³-hybridized carbons (Fsp3) is 0.733. The lowest BCUT2D eigenvalue weighted by atomic mass is 10.0. The van der Waals surface area contributed by atoms with Gasteiger partial charge in [-0.2, -0.15) is 0 Å². The summed E-state index contributed by atoms with van der Waals surface area (Å²) in [6, 6.07) is 4.59.